The fraction of sp³-hybridized carbons (Fsp3) is 0.429. The summed E-state index contributed by atoms with van der Waals surface area (Å²) in [5, 5.41) is 9.49. The molecular weight excluding hydrogens is 934 g/mol. The Morgan fingerprint density at radius 1 is 0.969 bits per heavy atom. The smallest absolute Gasteiger partial charge is 0.293 e. The van der Waals surface area contributed by atoms with E-state index in [-0.39, 0.29) is 67.7 Å². The van der Waals surface area contributed by atoms with Crippen LogP contribution in [-0.4, -0.2) is 70.0 Å². The number of sulfonamides is 1. The van der Waals surface area contributed by atoms with Crippen molar-refractivity contribution in [1.82, 2.24) is 29.9 Å². The summed E-state index contributed by atoms with van der Waals surface area (Å²) < 4.78 is 171. The van der Waals surface area contributed by atoms with Gasteiger partial charge >= 0.3 is 0 Å². The zero-order valence-corrected chi connectivity index (χ0v) is 37.0. The largest absolute Gasteiger partial charge is 0.346 e. The van der Waals surface area contributed by atoms with Crippen LogP contribution >= 0.6 is 11.6 Å². The summed E-state index contributed by atoms with van der Waals surface area (Å²) in [5.74, 6) is -4.15. The Morgan fingerprint density at radius 2 is 1.63 bits per heavy atom. The summed E-state index contributed by atoms with van der Waals surface area (Å²) in [6.45, 7) is 2.25. The maximum atomic E-state index is 15.5. The van der Waals surface area contributed by atoms with Crippen LogP contribution in [0.5, 0.6) is 0 Å². The molecule has 3 aromatic heterocycles. The number of nitrogens with one attached hydrogen (secondary N) is 2. The van der Waals surface area contributed by atoms with Gasteiger partial charge in [-0.1, -0.05) is 30.5 Å². The third-order valence-corrected chi connectivity index (χ3v) is 16.2. The summed E-state index contributed by atoms with van der Waals surface area (Å²) in [6.07, 6.45) is -5.56. The first-order valence-electron chi connectivity index (χ1n) is 20.0. The van der Waals surface area contributed by atoms with Crippen LogP contribution in [0.25, 0.3) is 22.0 Å². The summed E-state index contributed by atoms with van der Waals surface area (Å²) >= 11 is 6.65. The van der Waals surface area contributed by atoms with E-state index >= 15 is 8.78 Å². The number of rotatable bonds is 14. The van der Waals surface area contributed by atoms with E-state index in [4.69, 9.17) is 11.6 Å². The third-order valence-electron chi connectivity index (χ3n) is 11.9. The van der Waals surface area contributed by atoms with Crippen LogP contribution < -0.4 is 10.0 Å². The SMILES string of the molecule is CC1CC1S(=O)(=O)Nc1nn(CC(F)F)c2c(-c3ccc(C#CC(C)(C)S(C)(=O)=O)nc3[C@H](Cc3cc(F)cc(F)c3)NC(=O)Cn3nc(C(F)F)c4c3C(F)(F)[C@@H]3C[C@H]43)ccc(Cl)c12. The molecule has 12 nitrogen and oxygen atoms in total. The number of nitrogens with zero attached hydrogens (tertiary/aromatic N) is 5. The highest BCUT2D eigenvalue weighted by Crippen LogP contribution is 2.68. The van der Waals surface area contributed by atoms with Crippen molar-refractivity contribution in [3.8, 4) is 23.0 Å². The molecule has 0 bridgehead atoms. The molecule has 0 spiro atoms. The van der Waals surface area contributed by atoms with Gasteiger partial charge in [0.15, 0.2) is 15.7 Å². The van der Waals surface area contributed by atoms with Crippen molar-refractivity contribution in [2.45, 2.75) is 93.9 Å². The molecule has 346 valence electrons. The molecule has 65 heavy (non-hydrogen) atoms. The number of anilines is 1. The molecule has 2 saturated carbocycles. The van der Waals surface area contributed by atoms with Crippen LogP contribution in [0, 0.1) is 35.3 Å². The van der Waals surface area contributed by atoms with Gasteiger partial charge in [0.25, 0.3) is 18.8 Å². The Hall–Kier alpha value is -5.27. The summed E-state index contributed by atoms with van der Waals surface area (Å²) in [7, 11) is -7.88. The van der Waals surface area contributed by atoms with Gasteiger partial charge in [-0.3, -0.25) is 18.9 Å². The molecule has 23 heteroatoms. The van der Waals surface area contributed by atoms with Gasteiger partial charge in [0.1, 0.15) is 46.6 Å². The Bertz CT molecular complexity index is 3060. The number of halogens is 9. The molecule has 2 unspecified atom stereocenters. The molecule has 1 amide bonds. The molecule has 5 atom stereocenters. The van der Waals surface area contributed by atoms with Gasteiger partial charge in [0.05, 0.1) is 32.9 Å². The minimum atomic E-state index is -4.09. The predicted molar refractivity (Wildman–Crippen MR) is 223 cm³/mol. The first-order valence-corrected chi connectivity index (χ1v) is 23.8. The molecule has 8 rings (SSSR count). The molecule has 3 aliphatic carbocycles. The normalized spacial score (nSPS) is 20.4. The lowest BCUT2D eigenvalue weighted by Gasteiger charge is -2.23. The summed E-state index contributed by atoms with van der Waals surface area (Å²) in [5.41, 5.74) is -2.63. The van der Waals surface area contributed by atoms with Crippen molar-refractivity contribution in [3.63, 3.8) is 0 Å². The molecule has 3 aliphatic rings. The monoisotopic (exact) mass is 971 g/mol. The fourth-order valence-corrected chi connectivity index (χ4v) is 10.5. The van der Waals surface area contributed by atoms with E-state index in [1.54, 1.807) is 6.92 Å². The van der Waals surface area contributed by atoms with Crippen molar-refractivity contribution in [2.75, 3.05) is 11.0 Å². The van der Waals surface area contributed by atoms with Gasteiger partial charge in [0, 0.05) is 34.9 Å². The minimum absolute atomic E-state index is 0.00556. The van der Waals surface area contributed by atoms with E-state index in [9.17, 15) is 48.0 Å². The van der Waals surface area contributed by atoms with E-state index in [1.807, 2.05) is 0 Å². The predicted octanol–water partition coefficient (Wildman–Crippen LogP) is 8.06. The Morgan fingerprint density at radius 3 is 2.25 bits per heavy atom. The number of sulfone groups is 1. The number of aromatic nitrogens is 5. The number of carbonyl (C=O) groups is 1. The topological polar surface area (TPSA) is 158 Å². The Kier molecular flexibility index (Phi) is 11.6. The van der Waals surface area contributed by atoms with Gasteiger partial charge in [-0.15, -0.1) is 0 Å². The van der Waals surface area contributed by atoms with Crippen LogP contribution in [0.2, 0.25) is 5.02 Å². The molecule has 2 N–H and O–H groups in total. The standard InChI is InChI=1S/C42H38ClF8N7O5S2/c1-19-11-30(19)65(62,63)56-40-34-28(43)8-7-25(37(34)57(55-40)17-31(46)47)24-6-5-23(9-10-41(2,3)64(4,60)61)52-35(24)29(14-20-12-21(44)15-22(45)13-20)53-32(59)18-58-38-33(36(54-58)39(48)49)26-16-27(26)42(38,50)51/h5-8,12-13,15,19,26-27,29-31,39H,11,14,16-18H2,1-4H3,(H,53,59)(H,55,56)/t19?,26-,27+,29-,30?/m0/s1. The van der Waals surface area contributed by atoms with E-state index in [1.165, 1.54) is 38.1 Å². The maximum Gasteiger partial charge on any atom is 0.293 e. The average Bonchev–Trinajstić information content (AvgIpc) is 4.06. The van der Waals surface area contributed by atoms with Crippen LogP contribution in [0.3, 0.4) is 0 Å². The van der Waals surface area contributed by atoms with E-state index in [0.717, 1.165) is 23.1 Å². The highest BCUT2D eigenvalue weighted by atomic mass is 35.5. The number of hydrogen-bond acceptors (Lipinski definition) is 8. The number of hydrogen-bond donors (Lipinski definition) is 2. The number of carbonyl (C=O) groups excluding carboxylic acids is 1. The van der Waals surface area contributed by atoms with Crippen molar-refractivity contribution in [3.05, 3.63) is 93.0 Å². The molecule has 3 heterocycles. The molecule has 0 radical (unpaired) electrons. The second-order valence-electron chi connectivity index (χ2n) is 17.1. The molecule has 0 saturated heterocycles. The Balaban J connectivity index is 1.31. The van der Waals surface area contributed by atoms with Gasteiger partial charge in [-0.05, 0) is 86.8 Å². The van der Waals surface area contributed by atoms with Gasteiger partial charge in [0.2, 0.25) is 15.9 Å². The van der Waals surface area contributed by atoms with E-state index < -0.39 is 115 Å². The quantitative estimate of drug-likeness (QED) is 0.0836. The number of amides is 1. The van der Waals surface area contributed by atoms with Crippen LogP contribution in [-0.2, 0) is 50.1 Å². The average molecular weight is 972 g/mol. The lowest BCUT2D eigenvalue weighted by atomic mass is 9.93. The van der Waals surface area contributed by atoms with Crippen molar-refractivity contribution in [2.24, 2.45) is 11.8 Å². The van der Waals surface area contributed by atoms with Crippen LogP contribution in [0.4, 0.5) is 40.9 Å². The summed E-state index contributed by atoms with van der Waals surface area (Å²) in [6, 6.07) is 6.27. The molecule has 2 fully saturated rings. The van der Waals surface area contributed by atoms with Gasteiger partial charge in [-0.25, -0.2) is 48.2 Å². The highest BCUT2D eigenvalue weighted by molar-refractivity contribution is 7.93. The van der Waals surface area contributed by atoms with Gasteiger partial charge < -0.3 is 5.32 Å². The number of alkyl halides is 6. The Labute approximate surface area is 372 Å². The first kappa shape index (κ1) is 46.3. The highest BCUT2D eigenvalue weighted by Gasteiger charge is 2.67. The zero-order valence-electron chi connectivity index (χ0n) is 34.6. The second kappa shape index (κ2) is 16.3. The first-order chi connectivity index (χ1) is 30.3. The van der Waals surface area contributed by atoms with E-state index in [0.29, 0.717) is 17.2 Å². The number of fused-ring (bicyclic) bond motifs is 4. The molecule has 2 aromatic carbocycles. The van der Waals surface area contributed by atoms with Crippen molar-refractivity contribution >= 4 is 54.1 Å². The third kappa shape index (κ3) is 8.78. The lowest BCUT2D eigenvalue weighted by Crippen LogP contribution is -2.35. The molecule has 0 aliphatic heterocycles. The van der Waals surface area contributed by atoms with Crippen molar-refractivity contribution < 1.29 is 56.8 Å². The van der Waals surface area contributed by atoms with E-state index in [2.05, 4.69) is 37.1 Å². The molecule has 5 aromatic rings. The number of pyridine rings is 1. The van der Waals surface area contributed by atoms with Gasteiger partial charge in [-0.2, -0.15) is 19.0 Å². The minimum Gasteiger partial charge on any atom is -0.346 e. The van der Waals surface area contributed by atoms with Crippen LogP contribution in [0.15, 0.2) is 42.5 Å². The molecular formula is C42H38ClF8N7O5S2. The van der Waals surface area contributed by atoms with Crippen molar-refractivity contribution in [1.29, 1.82) is 0 Å². The van der Waals surface area contributed by atoms with Crippen LogP contribution in [0.1, 0.15) is 85.9 Å². The fourth-order valence-electron chi connectivity index (χ4n) is 8.24. The maximum absolute atomic E-state index is 15.5. The lowest BCUT2D eigenvalue weighted by molar-refractivity contribution is -0.123. The number of benzene rings is 2. The zero-order chi connectivity index (χ0) is 47.3. The second-order valence-corrected chi connectivity index (χ2v) is 22.0. The summed E-state index contributed by atoms with van der Waals surface area (Å²) in [4.78, 5) is 18.8.